The number of anilines is 3. The summed E-state index contributed by atoms with van der Waals surface area (Å²) in [5.41, 5.74) is 0.848. The van der Waals surface area contributed by atoms with Gasteiger partial charge in [-0.2, -0.15) is 4.98 Å². The van der Waals surface area contributed by atoms with Crippen LogP contribution in [0.15, 0.2) is 30.5 Å². The molecule has 0 fully saturated rings. The van der Waals surface area contributed by atoms with Gasteiger partial charge in [0.15, 0.2) is 11.5 Å². The molecule has 0 amide bonds. The van der Waals surface area contributed by atoms with E-state index >= 15 is 0 Å². The van der Waals surface area contributed by atoms with E-state index < -0.39 is 0 Å². The van der Waals surface area contributed by atoms with Crippen LogP contribution in [-0.4, -0.2) is 37.0 Å². The Labute approximate surface area is 128 Å². The van der Waals surface area contributed by atoms with Crippen molar-refractivity contribution in [2.24, 2.45) is 0 Å². The van der Waals surface area contributed by atoms with Crippen LogP contribution in [0.3, 0.4) is 0 Å². The monoisotopic (exact) mass is 302 g/mol. The second-order valence-corrected chi connectivity index (χ2v) is 4.73. The van der Waals surface area contributed by atoms with Crippen molar-refractivity contribution in [1.82, 2.24) is 9.97 Å². The van der Waals surface area contributed by atoms with Crippen LogP contribution in [-0.2, 0) is 4.74 Å². The Kier molecular flexibility index (Phi) is 4.55. The van der Waals surface area contributed by atoms with E-state index in [0.29, 0.717) is 5.95 Å². The van der Waals surface area contributed by atoms with Gasteiger partial charge in [-0.15, -0.1) is 0 Å². The Hall–Kier alpha value is -2.54. The number of methoxy groups -OCH3 is 1. The minimum Gasteiger partial charge on any atom is -0.454 e. The van der Waals surface area contributed by atoms with Crippen molar-refractivity contribution in [2.45, 2.75) is 6.42 Å². The third kappa shape index (κ3) is 3.56. The van der Waals surface area contributed by atoms with E-state index in [1.54, 1.807) is 13.3 Å². The topological polar surface area (TPSA) is 77.5 Å². The van der Waals surface area contributed by atoms with Crippen molar-refractivity contribution < 1.29 is 14.2 Å². The van der Waals surface area contributed by atoms with Gasteiger partial charge in [-0.05, 0) is 24.6 Å². The number of ether oxygens (including phenoxy) is 3. The first kappa shape index (κ1) is 14.4. The molecule has 1 aromatic carbocycles. The molecule has 0 saturated carbocycles. The van der Waals surface area contributed by atoms with E-state index in [1.165, 1.54) is 0 Å². The summed E-state index contributed by atoms with van der Waals surface area (Å²) < 4.78 is 15.6. The predicted molar refractivity (Wildman–Crippen MR) is 82.9 cm³/mol. The summed E-state index contributed by atoms with van der Waals surface area (Å²) in [7, 11) is 1.69. The van der Waals surface area contributed by atoms with Crippen LogP contribution in [0.4, 0.5) is 17.5 Å². The highest BCUT2D eigenvalue weighted by molar-refractivity contribution is 5.60. The highest BCUT2D eigenvalue weighted by Crippen LogP contribution is 2.34. The first-order valence-corrected chi connectivity index (χ1v) is 7.08. The normalized spacial score (nSPS) is 12.2. The molecule has 0 bridgehead atoms. The third-order valence-corrected chi connectivity index (χ3v) is 3.12. The molecule has 3 rings (SSSR count). The molecule has 0 radical (unpaired) electrons. The van der Waals surface area contributed by atoms with Gasteiger partial charge >= 0.3 is 0 Å². The molecule has 0 saturated heterocycles. The van der Waals surface area contributed by atoms with Crippen molar-refractivity contribution in [2.75, 3.05) is 37.7 Å². The van der Waals surface area contributed by atoms with Crippen molar-refractivity contribution in [1.29, 1.82) is 0 Å². The average Bonchev–Trinajstić information content (AvgIpc) is 3.00. The average molecular weight is 302 g/mol. The molecule has 116 valence electrons. The zero-order valence-corrected chi connectivity index (χ0v) is 12.3. The van der Waals surface area contributed by atoms with E-state index in [9.17, 15) is 0 Å². The van der Waals surface area contributed by atoms with Crippen LogP contribution in [0.25, 0.3) is 0 Å². The lowest BCUT2D eigenvalue weighted by atomic mass is 10.3. The number of nitrogens with one attached hydrogen (secondary N) is 2. The molecule has 1 aliphatic rings. The van der Waals surface area contributed by atoms with Crippen molar-refractivity contribution in [3.05, 3.63) is 30.5 Å². The second-order valence-electron chi connectivity index (χ2n) is 4.73. The number of hydrogen-bond donors (Lipinski definition) is 2. The Balaban J connectivity index is 1.62. The fourth-order valence-corrected chi connectivity index (χ4v) is 2.05. The highest BCUT2D eigenvalue weighted by atomic mass is 16.7. The van der Waals surface area contributed by atoms with Gasteiger partial charge in [0.2, 0.25) is 12.7 Å². The first-order chi connectivity index (χ1) is 10.8. The molecule has 0 aliphatic carbocycles. The number of benzene rings is 1. The Morgan fingerprint density at radius 1 is 1.23 bits per heavy atom. The van der Waals surface area contributed by atoms with Gasteiger partial charge in [0.25, 0.3) is 0 Å². The summed E-state index contributed by atoms with van der Waals surface area (Å²) in [6.45, 7) is 1.78. The summed E-state index contributed by atoms with van der Waals surface area (Å²) >= 11 is 0. The number of fused-ring (bicyclic) bond motifs is 1. The zero-order chi connectivity index (χ0) is 15.2. The number of aromatic nitrogens is 2. The van der Waals surface area contributed by atoms with Gasteiger partial charge in [0.05, 0.1) is 0 Å². The first-order valence-electron chi connectivity index (χ1n) is 7.08. The molecule has 22 heavy (non-hydrogen) atoms. The van der Waals surface area contributed by atoms with Crippen LogP contribution in [0.2, 0.25) is 0 Å². The maximum absolute atomic E-state index is 5.35. The van der Waals surface area contributed by atoms with Gasteiger partial charge in [-0.25, -0.2) is 4.98 Å². The lowest BCUT2D eigenvalue weighted by Crippen LogP contribution is -2.07. The predicted octanol–water partition coefficient (Wildman–Crippen LogP) is 2.40. The Morgan fingerprint density at radius 2 is 2.14 bits per heavy atom. The van der Waals surface area contributed by atoms with Crippen molar-refractivity contribution in [3.63, 3.8) is 0 Å². The highest BCUT2D eigenvalue weighted by Gasteiger charge is 2.13. The zero-order valence-electron chi connectivity index (χ0n) is 12.3. The molecule has 0 atom stereocenters. The van der Waals surface area contributed by atoms with Gasteiger partial charge in [-0.3, -0.25) is 0 Å². The largest absolute Gasteiger partial charge is 0.454 e. The lowest BCUT2D eigenvalue weighted by Gasteiger charge is -2.08. The molecule has 2 aromatic rings. The second kappa shape index (κ2) is 6.95. The van der Waals surface area contributed by atoms with Crippen molar-refractivity contribution >= 4 is 17.5 Å². The third-order valence-electron chi connectivity index (χ3n) is 3.12. The molecule has 7 nitrogen and oxygen atoms in total. The van der Waals surface area contributed by atoms with E-state index in [2.05, 4.69) is 20.6 Å². The molecule has 0 unspecified atom stereocenters. The SMILES string of the molecule is COCCCNc1ccnc(Nc2ccc3c(c2)OCO3)n1. The number of nitrogens with zero attached hydrogens (tertiary/aromatic N) is 2. The van der Waals surface area contributed by atoms with Crippen LogP contribution in [0.5, 0.6) is 11.5 Å². The summed E-state index contributed by atoms with van der Waals surface area (Å²) in [5.74, 6) is 2.77. The fraction of sp³-hybridized carbons (Fsp3) is 0.333. The molecule has 7 heteroatoms. The maximum Gasteiger partial charge on any atom is 0.231 e. The Morgan fingerprint density at radius 3 is 3.05 bits per heavy atom. The molecule has 1 aliphatic heterocycles. The van der Waals surface area contributed by atoms with Gasteiger partial charge in [0, 0.05) is 38.2 Å². The van der Waals surface area contributed by atoms with Crippen molar-refractivity contribution in [3.8, 4) is 11.5 Å². The number of hydrogen-bond acceptors (Lipinski definition) is 7. The fourth-order valence-electron chi connectivity index (χ4n) is 2.05. The van der Waals surface area contributed by atoms with Crippen LogP contribution < -0.4 is 20.1 Å². The van der Waals surface area contributed by atoms with Gasteiger partial charge in [0.1, 0.15) is 5.82 Å². The summed E-state index contributed by atoms with van der Waals surface area (Å²) in [6, 6.07) is 7.45. The standard InChI is InChI=1S/C15H18N4O3/c1-20-8-2-6-16-14-5-7-17-15(19-14)18-11-3-4-12-13(9-11)22-10-21-12/h3-5,7,9H,2,6,8,10H2,1H3,(H2,16,17,18,19). The summed E-state index contributed by atoms with van der Waals surface area (Å²) in [4.78, 5) is 8.63. The van der Waals surface area contributed by atoms with E-state index in [0.717, 1.165) is 42.6 Å². The minimum absolute atomic E-state index is 0.260. The van der Waals surface area contributed by atoms with E-state index in [1.807, 2.05) is 24.3 Å². The van der Waals surface area contributed by atoms with E-state index in [4.69, 9.17) is 14.2 Å². The summed E-state index contributed by atoms with van der Waals surface area (Å²) in [6.07, 6.45) is 2.63. The van der Waals surface area contributed by atoms with Crippen LogP contribution in [0, 0.1) is 0 Å². The summed E-state index contributed by atoms with van der Waals surface area (Å²) in [5, 5.41) is 6.38. The molecule has 2 heterocycles. The quantitative estimate of drug-likeness (QED) is 0.760. The van der Waals surface area contributed by atoms with Gasteiger partial charge in [-0.1, -0.05) is 0 Å². The maximum atomic E-state index is 5.35. The Bertz CT molecular complexity index is 636. The number of rotatable bonds is 7. The molecular weight excluding hydrogens is 284 g/mol. The lowest BCUT2D eigenvalue weighted by molar-refractivity contribution is 0.174. The minimum atomic E-state index is 0.260. The smallest absolute Gasteiger partial charge is 0.231 e. The molecule has 0 spiro atoms. The molecule has 2 N–H and O–H groups in total. The van der Waals surface area contributed by atoms with Crippen LogP contribution >= 0.6 is 0 Å². The molecule has 1 aromatic heterocycles. The molecular formula is C15H18N4O3. The van der Waals surface area contributed by atoms with Gasteiger partial charge < -0.3 is 24.8 Å². The van der Waals surface area contributed by atoms with Crippen LogP contribution in [0.1, 0.15) is 6.42 Å². The van der Waals surface area contributed by atoms with E-state index in [-0.39, 0.29) is 6.79 Å².